The normalized spacial score (nSPS) is 11.2. The molecule has 0 atom stereocenters. The van der Waals surface area contributed by atoms with Crippen molar-refractivity contribution >= 4 is 23.1 Å². The highest BCUT2D eigenvalue weighted by Crippen LogP contribution is 2.34. The summed E-state index contributed by atoms with van der Waals surface area (Å²) >= 11 is 6.09. The molecule has 2 aromatic heterocycles. The summed E-state index contributed by atoms with van der Waals surface area (Å²) in [5.41, 5.74) is 9.47. The third-order valence-electron chi connectivity index (χ3n) is 3.28. The molecule has 0 bridgehead atoms. The van der Waals surface area contributed by atoms with Crippen molar-refractivity contribution in [1.29, 1.82) is 0 Å². The SMILES string of the molecule is Cc1cc(C)n2c(N)c(-c3c(F)cccc3Cl)nc2c1. The van der Waals surface area contributed by atoms with Crippen LogP contribution in [-0.4, -0.2) is 9.38 Å². The smallest absolute Gasteiger partial charge is 0.139 e. The van der Waals surface area contributed by atoms with Crippen molar-refractivity contribution in [3.8, 4) is 11.3 Å². The fourth-order valence-electron chi connectivity index (χ4n) is 2.47. The first-order valence-corrected chi connectivity index (χ1v) is 6.56. The van der Waals surface area contributed by atoms with Gasteiger partial charge >= 0.3 is 0 Å². The minimum Gasteiger partial charge on any atom is -0.383 e. The van der Waals surface area contributed by atoms with E-state index in [0.29, 0.717) is 22.2 Å². The summed E-state index contributed by atoms with van der Waals surface area (Å²) in [5, 5.41) is 0.300. The zero-order chi connectivity index (χ0) is 14.4. The topological polar surface area (TPSA) is 43.3 Å². The van der Waals surface area contributed by atoms with Gasteiger partial charge in [-0.05, 0) is 43.7 Å². The number of imidazole rings is 1. The van der Waals surface area contributed by atoms with Gasteiger partial charge in [0.1, 0.15) is 23.0 Å². The third kappa shape index (κ3) is 1.84. The van der Waals surface area contributed by atoms with E-state index in [1.54, 1.807) is 16.5 Å². The molecule has 0 aliphatic rings. The first-order valence-electron chi connectivity index (χ1n) is 6.18. The molecule has 3 aromatic rings. The average molecular weight is 290 g/mol. The molecule has 0 radical (unpaired) electrons. The highest BCUT2D eigenvalue weighted by atomic mass is 35.5. The van der Waals surface area contributed by atoms with Crippen molar-refractivity contribution in [2.24, 2.45) is 0 Å². The number of benzene rings is 1. The second-order valence-electron chi connectivity index (χ2n) is 4.81. The molecule has 3 nitrogen and oxygen atoms in total. The Bertz CT molecular complexity index is 803. The van der Waals surface area contributed by atoms with Crippen LogP contribution >= 0.6 is 11.6 Å². The standard InChI is InChI=1S/C15H13ClFN3/c1-8-6-9(2)20-12(7-8)19-14(15(20)18)13-10(16)4-3-5-11(13)17/h3-7H,18H2,1-2H3. The van der Waals surface area contributed by atoms with Crippen LogP contribution in [0, 0.1) is 19.7 Å². The number of hydrogen-bond donors (Lipinski definition) is 1. The van der Waals surface area contributed by atoms with E-state index in [4.69, 9.17) is 17.3 Å². The van der Waals surface area contributed by atoms with Gasteiger partial charge in [0.25, 0.3) is 0 Å². The molecule has 2 N–H and O–H groups in total. The number of nitrogens with two attached hydrogens (primary N) is 1. The Balaban J connectivity index is 2.39. The van der Waals surface area contributed by atoms with Crippen LogP contribution in [0.15, 0.2) is 30.3 Å². The molecule has 2 heterocycles. The maximum atomic E-state index is 14.0. The highest BCUT2D eigenvalue weighted by Gasteiger charge is 2.18. The van der Waals surface area contributed by atoms with Gasteiger partial charge < -0.3 is 5.73 Å². The van der Waals surface area contributed by atoms with Crippen molar-refractivity contribution in [2.75, 3.05) is 5.73 Å². The van der Waals surface area contributed by atoms with E-state index in [9.17, 15) is 4.39 Å². The molecule has 3 rings (SSSR count). The Morgan fingerprint density at radius 2 is 2.00 bits per heavy atom. The molecular weight excluding hydrogens is 277 g/mol. The number of rotatable bonds is 1. The number of anilines is 1. The van der Waals surface area contributed by atoms with E-state index in [1.165, 1.54) is 6.07 Å². The number of nitrogen functional groups attached to an aromatic ring is 1. The molecule has 0 saturated carbocycles. The maximum absolute atomic E-state index is 14.0. The summed E-state index contributed by atoms with van der Waals surface area (Å²) in [6.45, 7) is 3.92. The number of fused-ring (bicyclic) bond motifs is 1. The summed E-state index contributed by atoms with van der Waals surface area (Å²) < 4.78 is 15.8. The molecule has 0 unspecified atom stereocenters. The number of aromatic nitrogens is 2. The minimum atomic E-state index is -0.429. The lowest BCUT2D eigenvalue weighted by Crippen LogP contribution is -1.99. The van der Waals surface area contributed by atoms with E-state index in [-0.39, 0.29) is 5.56 Å². The molecule has 0 fully saturated rings. The molecule has 0 aliphatic heterocycles. The van der Waals surface area contributed by atoms with E-state index in [1.807, 2.05) is 26.0 Å². The van der Waals surface area contributed by atoms with E-state index < -0.39 is 5.82 Å². The lowest BCUT2D eigenvalue weighted by atomic mass is 10.1. The van der Waals surface area contributed by atoms with Gasteiger partial charge in [-0.25, -0.2) is 9.37 Å². The van der Waals surface area contributed by atoms with Gasteiger partial charge in [-0.1, -0.05) is 17.7 Å². The first-order chi connectivity index (χ1) is 9.49. The fourth-order valence-corrected chi connectivity index (χ4v) is 2.72. The zero-order valence-corrected chi connectivity index (χ0v) is 11.9. The van der Waals surface area contributed by atoms with Crippen LogP contribution < -0.4 is 5.73 Å². The van der Waals surface area contributed by atoms with Gasteiger partial charge in [-0.2, -0.15) is 0 Å². The van der Waals surface area contributed by atoms with Crippen molar-refractivity contribution in [1.82, 2.24) is 9.38 Å². The molecule has 0 saturated heterocycles. The average Bonchev–Trinajstić information content (AvgIpc) is 2.66. The van der Waals surface area contributed by atoms with Gasteiger partial charge in [0.15, 0.2) is 0 Å². The summed E-state index contributed by atoms with van der Waals surface area (Å²) in [5.74, 6) is -0.0357. The molecule has 5 heteroatoms. The molecule has 20 heavy (non-hydrogen) atoms. The number of nitrogens with zero attached hydrogens (tertiary/aromatic N) is 2. The van der Waals surface area contributed by atoms with Gasteiger partial charge in [0.2, 0.25) is 0 Å². The van der Waals surface area contributed by atoms with E-state index in [0.717, 1.165) is 11.3 Å². The minimum absolute atomic E-state index is 0.243. The first kappa shape index (κ1) is 12.9. The Labute approximate surface area is 120 Å². The lowest BCUT2D eigenvalue weighted by molar-refractivity contribution is 0.631. The Morgan fingerprint density at radius 1 is 1.25 bits per heavy atom. The number of pyridine rings is 1. The van der Waals surface area contributed by atoms with Crippen LogP contribution in [-0.2, 0) is 0 Å². The predicted octanol–water partition coefficient (Wildman–Crippen LogP) is 3.99. The summed E-state index contributed by atoms with van der Waals surface area (Å²) in [6.07, 6.45) is 0. The van der Waals surface area contributed by atoms with Crippen molar-refractivity contribution in [3.05, 3.63) is 52.4 Å². The van der Waals surface area contributed by atoms with Crippen LogP contribution in [0.25, 0.3) is 16.9 Å². The summed E-state index contributed by atoms with van der Waals surface area (Å²) in [7, 11) is 0. The molecular formula is C15H13ClFN3. The predicted molar refractivity (Wildman–Crippen MR) is 79.5 cm³/mol. The quantitative estimate of drug-likeness (QED) is 0.736. The molecule has 0 amide bonds. The third-order valence-corrected chi connectivity index (χ3v) is 3.60. The van der Waals surface area contributed by atoms with E-state index in [2.05, 4.69) is 4.98 Å². The maximum Gasteiger partial charge on any atom is 0.139 e. The van der Waals surface area contributed by atoms with Gasteiger partial charge in [-0.15, -0.1) is 0 Å². The number of hydrogen-bond acceptors (Lipinski definition) is 2. The number of halogens is 2. The Hall–Kier alpha value is -2.07. The number of aryl methyl sites for hydroxylation is 2. The summed E-state index contributed by atoms with van der Waals surface area (Å²) in [6, 6.07) is 8.44. The summed E-state index contributed by atoms with van der Waals surface area (Å²) in [4.78, 5) is 4.44. The second-order valence-corrected chi connectivity index (χ2v) is 5.22. The van der Waals surface area contributed by atoms with E-state index >= 15 is 0 Å². The van der Waals surface area contributed by atoms with Gasteiger partial charge in [-0.3, -0.25) is 4.40 Å². The monoisotopic (exact) mass is 289 g/mol. The van der Waals surface area contributed by atoms with Crippen molar-refractivity contribution in [2.45, 2.75) is 13.8 Å². The Kier molecular flexibility index (Phi) is 2.91. The second kappa shape index (κ2) is 4.49. The molecule has 0 aliphatic carbocycles. The van der Waals surface area contributed by atoms with Crippen LogP contribution in [0.4, 0.5) is 10.2 Å². The van der Waals surface area contributed by atoms with Crippen molar-refractivity contribution in [3.63, 3.8) is 0 Å². The van der Waals surface area contributed by atoms with Gasteiger partial charge in [0.05, 0.1) is 10.6 Å². The van der Waals surface area contributed by atoms with Crippen molar-refractivity contribution < 1.29 is 4.39 Å². The molecule has 0 spiro atoms. The zero-order valence-electron chi connectivity index (χ0n) is 11.1. The van der Waals surface area contributed by atoms with Crippen LogP contribution in [0.3, 0.4) is 0 Å². The lowest BCUT2D eigenvalue weighted by Gasteiger charge is -2.05. The van der Waals surface area contributed by atoms with Crippen LogP contribution in [0.5, 0.6) is 0 Å². The van der Waals surface area contributed by atoms with Gasteiger partial charge in [0, 0.05) is 5.69 Å². The Morgan fingerprint density at radius 3 is 2.70 bits per heavy atom. The molecule has 1 aromatic carbocycles. The van der Waals surface area contributed by atoms with Crippen LogP contribution in [0.1, 0.15) is 11.3 Å². The van der Waals surface area contributed by atoms with Crippen LogP contribution in [0.2, 0.25) is 5.02 Å². The fraction of sp³-hybridized carbons (Fsp3) is 0.133. The molecule has 102 valence electrons. The highest BCUT2D eigenvalue weighted by molar-refractivity contribution is 6.33. The largest absolute Gasteiger partial charge is 0.383 e.